The topological polar surface area (TPSA) is 44.8 Å². The monoisotopic (exact) mass is 316 g/mol. The van der Waals surface area contributed by atoms with Gasteiger partial charge in [0.2, 0.25) is 0 Å². The molecule has 0 atom stereocenters. The molecule has 2 heterocycles. The van der Waals surface area contributed by atoms with Crippen LogP contribution in [-0.4, -0.2) is 22.0 Å². The first-order valence-corrected chi connectivity index (χ1v) is 6.74. The molecule has 0 aliphatic rings. The van der Waals surface area contributed by atoms with E-state index in [-0.39, 0.29) is 0 Å². The van der Waals surface area contributed by atoms with E-state index in [2.05, 4.69) is 41.8 Å². The molecule has 0 unspecified atom stereocenters. The van der Waals surface area contributed by atoms with E-state index >= 15 is 0 Å². The van der Waals surface area contributed by atoms with Crippen molar-refractivity contribution in [2.75, 3.05) is 11.9 Å². The van der Waals surface area contributed by atoms with Gasteiger partial charge >= 0.3 is 0 Å². The quantitative estimate of drug-likeness (QED) is 0.782. The van der Waals surface area contributed by atoms with Crippen LogP contribution in [0.4, 0.5) is 11.5 Å². The fourth-order valence-corrected chi connectivity index (χ4v) is 2.20. The average molecular weight is 317 g/mol. The number of aromatic amines is 1. The molecule has 0 amide bonds. The van der Waals surface area contributed by atoms with Gasteiger partial charge in [-0.3, -0.25) is 0 Å². The summed E-state index contributed by atoms with van der Waals surface area (Å²) in [6, 6.07) is 10.1. The third-order valence-corrected chi connectivity index (χ3v) is 3.98. The first-order chi connectivity index (χ1) is 9.15. The number of H-pyrrole nitrogens is 1. The second kappa shape index (κ2) is 4.66. The molecular weight excluding hydrogens is 304 g/mol. The molecule has 1 aromatic carbocycles. The summed E-state index contributed by atoms with van der Waals surface area (Å²) in [5, 5.41) is 0. The van der Waals surface area contributed by atoms with E-state index in [9.17, 15) is 0 Å². The van der Waals surface area contributed by atoms with Crippen LogP contribution < -0.4 is 4.90 Å². The largest absolute Gasteiger partial charge is 0.345 e. The van der Waals surface area contributed by atoms with Gasteiger partial charge in [-0.05, 0) is 53.2 Å². The molecule has 19 heavy (non-hydrogen) atoms. The Kier molecular flexibility index (Phi) is 2.98. The number of hydrogen-bond donors (Lipinski definition) is 1. The summed E-state index contributed by atoms with van der Waals surface area (Å²) in [7, 11) is 2.01. The van der Waals surface area contributed by atoms with Crippen molar-refractivity contribution < 1.29 is 0 Å². The number of nitrogens with zero attached hydrogens (tertiary/aromatic N) is 3. The predicted octanol–water partition coefficient (Wildman–Crippen LogP) is 3.80. The smallest absolute Gasteiger partial charge is 0.133 e. The third kappa shape index (κ3) is 2.21. The number of nitrogens with one attached hydrogen (secondary N) is 1. The Bertz CT molecular complexity index is 735. The van der Waals surface area contributed by atoms with E-state index in [0.717, 1.165) is 32.7 Å². The van der Waals surface area contributed by atoms with Crippen molar-refractivity contribution >= 4 is 38.5 Å². The highest BCUT2D eigenvalue weighted by Crippen LogP contribution is 2.26. The van der Waals surface area contributed by atoms with Gasteiger partial charge < -0.3 is 9.88 Å². The summed E-state index contributed by atoms with van der Waals surface area (Å²) < 4.78 is 1.02. The lowest BCUT2D eigenvalue weighted by Crippen LogP contribution is -2.11. The molecule has 2 aromatic heterocycles. The Labute approximate surface area is 119 Å². The number of aryl methyl sites for hydroxylation is 1. The van der Waals surface area contributed by atoms with E-state index in [1.807, 2.05) is 38.2 Å². The SMILES string of the molecule is Cc1nc(N(C)c2ccc3nc[nH]c3c2)ccc1Br. The molecular formula is C14H13BrN4. The molecule has 3 rings (SSSR count). The number of anilines is 2. The van der Waals surface area contributed by atoms with Crippen LogP contribution in [-0.2, 0) is 0 Å². The zero-order valence-electron chi connectivity index (χ0n) is 10.7. The number of halogens is 1. The zero-order valence-corrected chi connectivity index (χ0v) is 12.3. The van der Waals surface area contributed by atoms with Crippen LogP contribution in [0, 0.1) is 6.92 Å². The summed E-state index contributed by atoms with van der Waals surface area (Å²) in [5.74, 6) is 0.916. The maximum atomic E-state index is 4.57. The lowest BCUT2D eigenvalue weighted by molar-refractivity contribution is 1.08. The van der Waals surface area contributed by atoms with E-state index in [0.29, 0.717) is 0 Å². The molecule has 0 saturated carbocycles. The Balaban J connectivity index is 2.01. The Hall–Kier alpha value is -1.88. The van der Waals surface area contributed by atoms with Crippen molar-refractivity contribution in [2.24, 2.45) is 0 Å². The number of aromatic nitrogens is 3. The number of pyridine rings is 1. The molecule has 0 bridgehead atoms. The summed E-state index contributed by atoms with van der Waals surface area (Å²) in [5.41, 5.74) is 4.05. The Morgan fingerprint density at radius 1 is 1.21 bits per heavy atom. The number of rotatable bonds is 2. The Morgan fingerprint density at radius 2 is 2.05 bits per heavy atom. The molecule has 0 aliphatic heterocycles. The molecule has 3 aromatic rings. The average Bonchev–Trinajstić information content (AvgIpc) is 2.88. The van der Waals surface area contributed by atoms with Gasteiger partial charge in [-0.2, -0.15) is 0 Å². The minimum absolute atomic E-state index is 0.916. The highest BCUT2D eigenvalue weighted by Gasteiger charge is 2.08. The molecule has 4 nitrogen and oxygen atoms in total. The van der Waals surface area contributed by atoms with Crippen molar-refractivity contribution in [3.8, 4) is 0 Å². The van der Waals surface area contributed by atoms with Crippen LogP contribution in [0.25, 0.3) is 11.0 Å². The maximum Gasteiger partial charge on any atom is 0.133 e. The van der Waals surface area contributed by atoms with E-state index in [4.69, 9.17) is 0 Å². The zero-order chi connectivity index (χ0) is 13.4. The number of hydrogen-bond acceptors (Lipinski definition) is 3. The van der Waals surface area contributed by atoms with Gasteiger partial charge in [0, 0.05) is 17.2 Å². The molecule has 96 valence electrons. The van der Waals surface area contributed by atoms with Crippen LogP contribution in [0.5, 0.6) is 0 Å². The molecule has 0 saturated heterocycles. The summed E-state index contributed by atoms with van der Waals surface area (Å²) in [6.07, 6.45) is 1.70. The molecule has 1 N–H and O–H groups in total. The van der Waals surface area contributed by atoms with Crippen molar-refractivity contribution in [3.05, 3.63) is 46.8 Å². The van der Waals surface area contributed by atoms with Gasteiger partial charge in [0.25, 0.3) is 0 Å². The van der Waals surface area contributed by atoms with Gasteiger partial charge in [0.1, 0.15) is 5.82 Å². The lowest BCUT2D eigenvalue weighted by Gasteiger charge is -2.19. The Morgan fingerprint density at radius 3 is 2.84 bits per heavy atom. The van der Waals surface area contributed by atoms with Crippen LogP contribution in [0.2, 0.25) is 0 Å². The van der Waals surface area contributed by atoms with Crippen molar-refractivity contribution in [1.82, 2.24) is 15.0 Å². The third-order valence-electron chi connectivity index (χ3n) is 3.14. The first-order valence-electron chi connectivity index (χ1n) is 5.95. The van der Waals surface area contributed by atoms with Crippen LogP contribution in [0.3, 0.4) is 0 Å². The predicted molar refractivity (Wildman–Crippen MR) is 80.8 cm³/mol. The van der Waals surface area contributed by atoms with Gasteiger partial charge in [0.05, 0.1) is 23.1 Å². The van der Waals surface area contributed by atoms with Crippen molar-refractivity contribution in [3.63, 3.8) is 0 Å². The fourth-order valence-electron chi connectivity index (χ4n) is 1.98. The van der Waals surface area contributed by atoms with Crippen molar-refractivity contribution in [1.29, 1.82) is 0 Å². The summed E-state index contributed by atoms with van der Waals surface area (Å²) >= 11 is 3.47. The summed E-state index contributed by atoms with van der Waals surface area (Å²) in [4.78, 5) is 14.0. The molecule has 0 radical (unpaired) electrons. The van der Waals surface area contributed by atoms with Crippen LogP contribution >= 0.6 is 15.9 Å². The molecule has 0 spiro atoms. The standard InChI is InChI=1S/C14H13BrN4/c1-9-11(15)4-6-14(18-9)19(2)10-3-5-12-13(7-10)17-8-16-12/h3-8H,1-2H3,(H,16,17). The summed E-state index contributed by atoms with van der Waals surface area (Å²) in [6.45, 7) is 1.99. The van der Waals surface area contributed by atoms with Crippen molar-refractivity contribution in [2.45, 2.75) is 6.92 Å². The van der Waals surface area contributed by atoms with E-state index in [1.165, 1.54) is 0 Å². The molecule has 0 aliphatic carbocycles. The normalized spacial score (nSPS) is 10.9. The second-order valence-corrected chi connectivity index (χ2v) is 5.25. The minimum atomic E-state index is 0.916. The van der Waals surface area contributed by atoms with E-state index in [1.54, 1.807) is 6.33 Å². The van der Waals surface area contributed by atoms with Crippen LogP contribution in [0.15, 0.2) is 41.1 Å². The van der Waals surface area contributed by atoms with Crippen LogP contribution in [0.1, 0.15) is 5.69 Å². The van der Waals surface area contributed by atoms with Gasteiger partial charge in [-0.25, -0.2) is 9.97 Å². The van der Waals surface area contributed by atoms with E-state index < -0.39 is 0 Å². The number of fused-ring (bicyclic) bond motifs is 1. The fraction of sp³-hybridized carbons (Fsp3) is 0.143. The van der Waals surface area contributed by atoms with Gasteiger partial charge in [0.15, 0.2) is 0 Å². The lowest BCUT2D eigenvalue weighted by atomic mass is 10.2. The molecule has 0 fully saturated rings. The van der Waals surface area contributed by atoms with Gasteiger partial charge in [-0.1, -0.05) is 0 Å². The maximum absolute atomic E-state index is 4.57. The highest BCUT2D eigenvalue weighted by atomic mass is 79.9. The van der Waals surface area contributed by atoms with Gasteiger partial charge in [-0.15, -0.1) is 0 Å². The minimum Gasteiger partial charge on any atom is -0.345 e. The number of imidazole rings is 1. The molecule has 5 heteroatoms. The second-order valence-electron chi connectivity index (χ2n) is 4.40. The number of benzene rings is 1. The highest BCUT2D eigenvalue weighted by molar-refractivity contribution is 9.10. The first kappa shape index (κ1) is 12.2.